The maximum Gasteiger partial charge on any atom is 0.243 e. The Morgan fingerprint density at radius 2 is 2.33 bits per heavy atom. The minimum Gasteiger partial charge on any atom is -0.353 e. The first kappa shape index (κ1) is 10.2. The van der Waals surface area contributed by atoms with Crippen LogP contribution in [-0.4, -0.2) is 28.5 Å². The lowest BCUT2D eigenvalue weighted by Crippen LogP contribution is -2.47. The predicted octanol–water partition coefficient (Wildman–Crippen LogP) is 0.224. The Balaban J connectivity index is 2.27. The molecule has 1 saturated heterocycles. The number of aromatic nitrogens is 2. The first-order valence-electron chi connectivity index (χ1n) is 5.23. The lowest BCUT2D eigenvalue weighted by molar-refractivity contribution is -0.124. The highest BCUT2D eigenvalue weighted by Gasteiger charge is 2.26. The lowest BCUT2D eigenvalue weighted by atomic mass is 10.1. The molecule has 1 unspecified atom stereocenters. The van der Waals surface area contributed by atoms with E-state index in [4.69, 9.17) is 0 Å². The molecule has 1 aromatic heterocycles. The van der Waals surface area contributed by atoms with Crippen molar-refractivity contribution < 1.29 is 4.79 Å². The summed E-state index contributed by atoms with van der Waals surface area (Å²) in [4.78, 5) is 15.7. The molecule has 0 aromatic carbocycles. The monoisotopic (exact) mass is 208 g/mol. The van der Waals surface area contributed by atoms with Crippen LogP contribution in [-0.2, 0) is 4.79 Å². The molecule has 2 heterocycles. The van der Waals surface area contributed by atoms with Crippen LogP contribution in [0.3, 0.4) is 0 Å². The number of amides is 1. The van der Waals surface area contributed by atoms with E-state index >= 15 is 0 Å². The Morgan fingerprint density at radius 3 is 3.00 bits per heavy atom. The molecule has 0 spiro atoms. The van der Waals surface area contributed by atoms with Crippen molar-refractivity contribution >= 4 is 5.91 Å². The molecule has 0 bridgehead atoms. The largest absolute Gasteiger partial charge is 0.353 e. The van der Waals surface area contributed by atoms with E-state index in [1.54, 1.807) is 12.5 Å². The van der Waals surface area contributed by atoms with Gasteiger partial charge in [-0.3, -0.25) is 10.1 Å². The molecule has 5 heteroatoms. The fraction of sp³-hybridized carbons (Fsp3) is 0.600. The summed E-state index contributed by atoms with van der Waals surface area (Å²) in [6.45, 7) is 5.66. The topological polar surface area (TPSA) is 59.0 Å². The van der Waals surface area contributed by atoms with Gasteiger partial charge < -0.3 is 9.88 Å². The first-order valence-corrected chi connectivity index (χ1v) is 5.23. The summed E-state index contributed by atoms with van der Waals surface area (Å²) in [6, 6.07) is 0.0580. The second kappa shape index (κ2) is 4.02. The Kier molecular flexibility index (Phi) is 2.73. The molecule has 5 nitrogen and oxygen atoms in total. The number of piperazine rings is 1. The normalized spacial score (nSPS) is 21.8. The van der Waals surface area contributed by atoms with Gasteiger partial charge in [0.05, 0.1) is 18.2 Å². The molecule has 1 aromatic rings. The van der Waals surface area contributed by atoms with Gasteiger partial charge in [0.1, 0.15) is 6.04 Å². The highest BCUT2D eigenvalue weighted by molar-refractivity contribution is 5.83. The molecular weight excluding hydrogens is 192 g/mol. The van der Waals surface area contributed by atoms with Crippen molar-refractivity contribution in [3.05, 3.63) is 18.2 Å². The van der Waals surface area contributed by atoms with Crippen LogP contribution < -0.4 is 10.6 Å². The van der Waals surface area contributed by atoms with E-state index in [-0.39, 0.29) is 11.9 Å². The second-order valence-corrected chi connectivity index (χ2v) is 4.00. The van der Waals surface area contributed by atoms with Gasteiger partial charge in [-0.05, 0) is 13.8 Å². The van der Waals surface area contributed by atoms with Gasteiger partial charge in [-0.25, -0.2) is 4.98 Å². The zero-order valence-electron chi connectivity index (χ0n) is 9.03. The van der Waals surface area contributed by atoms with Gasteiger partial charge in [0.25, 0.3) is 0 Å². The van der Waals surface area contributed by atoms with Crippen molar-refractivity contribution in [3.8, 4) is 0 Å². The third-order valence-electron chi connectivity index (χ3n) is 2.58. The molecule has 1 fully saturated rings. The minimum absolute atomic E-state index is 0.0312. The number of nitrogens with one attached hydrogen (secondary N) is 2. The van der Waals surface area contributed by atoms with E-state index in [1.807, 2.05) is 4.57 Å². The molecule has 82 valence electrons. The highest BCUT2D eigenvalue weighted by atomic mass is 16.2. The molecule has 2 N–H and O–H groups in total. The minimum atomic E-state index is -0.261. The Hall–Kier alpha value is -1.36. The van der Waals surface area contributed by atoms with Gasteiger partial charge in [-0.15, -0.1) is 0 Å². The summed E-state index contributed by atoms with van der Waals surface area (Å²) < 4.78 is 2.02. The van der Waals surface area contributed by atoms with E-state index in [1.165, 1.54) is 0 Å². The zero-order chi connectivity index (χ0) is 10.8. The molecule has 0 radical (unpaired) electrons. The fourth-order valence-corrected chi connectivity index (χ4v) is 1.81. The van der Waals surface area contributed by atoms with E-state index < -0.39 is 0 Å². The van der Waals surface area contributed by atoms with Crippen LogP contribution >= 0.6 is 0 Å². The Morgan fingerprint density at radius 1 is 1.53 bits per heavy atom. The molecule has 1 amide bonds. The van der Waals surface area contributed by atoms with E-state index in [2.05, 4.69) is 29.5 Å². The van der Waals surface area contributed by atoms with Gasteiger partial charge in [0, 0.05) is 19.1 Å². The highest BCUT2D eigenvalue weighted by Crippen LogP contribution is 2.18. The standard InChI is InChI=1S/C10H16N4O/c1-7(2)14-6-11-5-8(14)9-10(15)13-4-3-12-9/h5-7,9,12H,3-4H2,1-2H3,(H,13,15). The summed E-state index contributed by atoms with van der Waals surface area (Å²) in [5.74, 6) is 0.0312. The molecule has 2 rings (SSSR count). The van der Waals surface area contributed by atoms with Crippen molar-refractivity contribution in [1.29, 1.82) is 0 Å². The summed E-state index contributed by atoms with van der Waals surface area (Å²) in [6.07, 6.45) is 3.52. The number of rotatable bonds is 2. The Labute approximate surface area is 88.9 Å². The molecule has 1 atom stereocenters. The molecule has 1 aliphatic heterocycles. The summed E-state index contributed by atoms with van der Waals surface area (Å²) in [5.41, 5.74) is 0.933. The SMILES string of the molecule is CC(C)n1cncc1C1NCCNC1=O. The van der Waals surface area contributed by atoms with Crippen LogP contribution in [0.5, 0.6) is 0 Å². The van der Waals surface area contributed by atoms with Gasteiger partial charge >= 0.3 is 0 Å². The van der Waals surface area contributed by atoms with Crippen LogP contribution in [0.25, 0.3) is 0 Å². The first-order chi connectivity index (χ1) is 7.20. The number of hydrogen-bond acceptors (Lipinski definition) is 3. The third-order valence-corrected chi connectivity index (χ3v) is 2.58. The summed E-state index contributed by atoms with van der Waals surface area (Å²) in [5, 5.41) is 6.04. The van der Waals surface area contributed by atoms with E-state index in [0.717, 1.165) is 12.2 Å². The maximum atomic E-state index is 11.7. The summed E-state index contributed by atoms with van der Waals surface area (Å²) in [7, 11) is 0. The van der Waals surface area contributed by atoms with Gasteiger partial charge in [0.15, 0.2) is 0 Å². The van der Waals surface area contributed by atoms with Gasteiger partial charge in [0.2, 0.25) is 5.91 Å². The molecule has 15 heavy (non-hydrogen) atoms. The molecule has 0 aliphatic carbocycles. The number of carbonyl (C=O) groups is 1. The van der Waals surface area contributed by atoms with Crippen molar-refractivity contribution in [2.24, 2.45) is 0 Å². The van der Waals surface area contributed by atoms with Crippen LogP contribution in [0.4, 0.5) is 0 Å². The van der Waals surface area contributed by atoms with Gasteiger partial charge in [-0.2, -0.15) is 0 Å². The quantitative estimate of drug-likeness (QED) is 0.731. The van der Waals surface area contributed by atoms with Crippen molar-refractivity contribution in [1.82, 2.24) is 20.2 Å². The fourth-order valence-electron chi connectivity index (χ4n) is 1.81. The third kappa shape index (κ3) is 1.87. The molecular formula is C10H16N4O. The lowest BCUT2D eigenvalue weighted by Gasteiger charge is -2.25. The zero-order valence-corrected chi connectivity index (χ0v) is 9.03. The maximum absolute atomic E-state index is 11.7. The average Bonchev–Trinajstić information content (AvgIpc) is 2.67. The number of carbonyl (C=O) groups excluding carboxylic acids is 1. The van der Waals surface area contributed by atoms with Gasteiger partial charge in [-0.1, -0.05) is 0 Å². The number of nitrogens with zero attached hydrogens (tertiary/aromatic N) is 2. The van der Waals surface area contributed by atoms with E-state index in [0.29, 0.717) is 12.6 Å². The van der Waals surface area contributed by atoms with Crippen molar-refractivity contribution in [2.45, 2.75) is 25.9 Å². The molecule has 1 aliphatic rings. The summed E-state index contributed by atoms with van der Waals surface area (Å²) >= 11 is 0. The smallest absolute Gasteiger partial charge is 0.243 e. The number of hydrogen-bond donors (Lipinski definition) is 2. The van der Waals surface area contributed by atoms with Crippen LogP contribution in [0.2, 0.25) is 0 Å². The van der Waals surface area contributed by atoms with E-state index in [9.17, 15) is 4.79 Å². The Bertz CT molecular complexity index is 358. The molecule has 0 saturated carbocycles. The van der Waals surface area contributed by atoms with Crippen LogP contribution in [0.1, 0.15) is 31.6 Å². The van der Waals surface area contributed by atoms with Crippen LogP contribution in [0, 0.1) is 0 Å². The number of imidazole rings is 1. The van der Waals surface area contributed by atoms with Crippen molar-refractivity contribution in [2.75, 3.05) is 13.1 Å². The second-order valence-electron chi connectivity index (χ2n) is 4.00. The average molecular weight is 208 g/mol. The van der Waals surface area contributed by atoms with Crippen LogP contribution in [0.15, 0.2) is 12.5 Å². The van der Waals surface area contributed by atoms with Crippen molar-refractivity contribution in [3.63, 3.8) is 0 Å². The predicted molar refractivity (Wildman–Crippen MR) is 56.4 cm³/mol.